The molecule has 0 N–H and O–H groups in total. The molecule has 1 fully saturated rings. The Morgan fingerprint density at radius 1 is 1.07 bits per heavy atom. The van der Waals surface area contributed by atoms with E-state index in [9.17, 15) is 9.59 Å². The van der Waals surface area contributed by atoms with Gasteiger partial charge in [0.25, 0.3) is 0 Å². The van der Waals surface area contributed by atoms with E-state index < -0.39 is 5.41 Å². The average Bonchev–Trinajstić information content (AvgIpc) is 3.39. The molecule has 1 aromatic heterocycles. The van der Waals surface area contributed by atoms with Gasteiger partial charge < -0.3 is 9.80 Å². The van der Waals surface area contributed by atoms with E-state index >= 15 is 0 Å². The molecule has 156 valence electrons. The number of benzene rings is 1. The van der Waals surface area contributed by atoms with Gasteiger partial charge in [0.15, 0.2) is 0 Å². The van der Waals surface area contributed by atoms with Crippen molar-refractivity contribution >= 4 is 34.8 Å². The topological polar surface area (TPSA) is 40.6 Å². The maximum atomic E-state index is 13.3. The van der Waals surface area contributed by atoms with E-state index in [1.807, 2.05) is 66.6 Å². The quantitative estimate of drug-likeness (QED) is 0.507. The van der Waals surface area contributed by atoms with Crippen LogP contribution in [0.15, 0.2) is 47.8 Å². The van der Waals surface area contributed by atoms with Crippen molar-refractivity contribution in [2.75, 3.05) is 19.0 Å². The summed E-state index contributed by atoms with van der Waals surface area (Å²) in [7, 11) is 0. The fourth-order valence-electron chi connectivity index (χ4n) is 3.21. The molecule has 3 rings (SSSR count). The van der Waals surface area contributed by atoms with Gasteiger partial charge in [-0.3, -0.25) is 9.59 Å². The predicted molar refractivity (Wildman–Crippen MR) is 119 cm³/mol. The van der Waals surface area contributed by atoms with Gasteiger partial charge in [0.1, 0.15) is 0 Å². The maximum absolute atomic E-state index is 13.3. The Hall–Kier alpha value is -1.85. The van der Waals surface area contributed by atoms with Crippen LogP contribution >= 0.6 is 22.9 Å². The second kappa shape index (κ2) is 9.77. The number of hydrogen-bond donors (Lipinski definition) is 0. The van der Waals surface area contributed by atoms with Crippen molar-refractivity contribution in [2.24, 2.45) is 11.3 Å². The van der Waals surface area contributed by atoms with E-state index in [1.165, 1.54) is 0 Å². The first-order chi connectivity index (χ1) is 13.9. The normalized spacial score (nSPS) is 13.9. The van der Waals surface area contributed by atoms with Crippen LogP contribution in [0.4, 0.5) is 0 Å². The van der Waals surface area contributed by atoms with E-state index in [4.69, 9.17) is 11.6 Å². The number of amides is 2. The highest BCUT2D eigenvalue weighted by molar-refractivity contribution is 7.09. The molecule has 1 heterocycles. The Kier molecular flexibility index (Phi) is 7.36. The molecule has 0 saturated heterocycles. The fourth-order valence-corrected chi connectivity index (χ4v) is 4.04. The molecule has 0 radical (unpaired) electrons. The van der Waals surface area contributed by atoms with Gasteiger partial charge in [-0.15, -0.1) is 22.9 Å². The molecule has 0 spiro atoms. The largest absolute Gasteiger partial charge is 0.333 e. The van der Waals surface area contributed by atoms with Crippen molar-refractivity contribution in [3.05, 3.63) is 58.3 Å². The summed E-state index contributed by atoms with van der Waals surface area (Å²) < 4.78 is 0. The summed E-state index contributed by atoms with van der Waals surface area (Å²) in [5.41, 5.74) is 0.410. The average molecular weight is 433 g/mol. The third-order valence-corrected chi connectivity index (χ3v) is 6.73. The van der Waals surface area contributed by atoms with Gasteiger partial charge in [0, 0.05) is 23.8 Å². The minimum Gasteiger partial charge on any atom is -0.333 e. The van der Waals surface area contributed by atoms with Crippen molar-refractivity contribution < 1.29 is 9.59 Å². The summed E-state index contributed by atoms with van der Waals surface area (Å²) in [6.07, 6.45) is 2.25. The van der Waals surface area contributed by atoms with E-state index in [0.29, 0.717) is 25.6 Å². The van der Waals surface area contributed by atoms with Crippen LogP contribution in [-0.2, 0) is 22.7 Å². The number of halogens is 1. The summed E-state index contributed by atoms with van der Waals surface area (Å²) in [5, 5.41) is 2.02. The summed E-state index contributed by atoms with van der Waals surface area (Å²) in [6, 6.07) is 14.0. The number of carbonyl (C=O) groups is 2. The Bertz CT molecular complexity index is 804. The van der Waals surface area contributed by atoms with E-state index in [0.717, 1.165) is 23.3 Å². The first kappa shape index (κ1) is 21.8. The van der Waals surface area contributed by atoms with Gasteiger partial charge in [0.05, 0.1) is 18.5 Å². The number of nitrogens with zero attached hydrogens (tertiary/aromatic N) is 2. The standard InChI is InChI=1S/C23H29ClN2O2S/c1-23(2,17-24)22(28)26(14-19-10-11-19)16-21(27)25(15-20-9-6-12-29-20)13-18-7-4-3-5-8-18/h3-9,12,19H,10-11,13-17H2,1-2H3. The third kappa shape index (κ3) is 6.31. The lowest BCUT2D eigenvalue weighted by Gasteiger charge is -2.32. The lowest BCUT2D eigenvalue weighted by molar-refractivity contribution is -0.146. The second-order valence-corrected chi connectivity index (χ2v) is 9.76. The van der Waals surface area contributed by atoms with Crippen LogP contribution in [0.3, 0.4) is 0 Å². The monoisotopic (exact) mass is 432 g/mol. The molecule has 1 saturated carbocycles. The molecule has 0 unspecified atom stereocenters. The zero-order chi connectivity index (χ0) is 20.9. The van der Waals surface area contributed by atoms with E-state index in [2.05, 4.69) is 0 Å². The number of carbonyl (C=O) groups excluding carboxylic acids is 2. The first-order valence-corrected chi connectivity index (χ1v) is 11.5. The Morgan fingerprint density at radius 2 is 1.79 bits per heavy atom. The second-order valence-electron chi connectivity index (χ2n) is 8.46. The molecule has 1 aliphatic carbocycles. The van der Waals surface area contributed by atoms with Gasteiger partial charge in [-0.25, -0.2) is 0 Å². The lowest BCUT2D eigenvalue weighted by atomic mass is 9.94. The summed E-state index contributed by atoms with van der Waals surface area (Å²) >= 11 is 7.69. The molecule has 2 aromatic rings. The van der Waals surface area contributed by atoms with Gasteiger partial charge in [-0.05, 0) is 49.6 Å². The van der Waals surface area contributed by atoms with Gasteiger partial charge >= 0.3 is 0 Å². The molecule has 1 aromatic carbocycles. The number of thiophene rings is 1. The number of hydrogen-bond acceptors (Lipinski definition) is 3. The molecule has 4 nitrogen and oxygen atoms in total. The molecule has 1 aliphatic rings. The van der Waals surface area contributed by atoms with Crippen LogP contribution in [-0.4, -0.2) is 40.6 Å². The molecule has 0 atom stereocenters. The third-order valence-electron chi connectivity index (χ3n) is 5.20. The number of rotatable bonds is 10. The van der Waals surface area contributed by atoms with Crippen molar-refractivity contribution in [2.45, 2.75) is 39.8 Å². The molecular formula is C23H29ClN2O2S. The van der Waals surface area contributed by atoms with Crippen LogP contribution in [0, 0.1) is 11.3 Å². The van der Waals surface area contributed by atoms with Crippen LogP contribution in [0.2, 0.25) is 0 Å². The molecular weight excluding hydrogens is 404 g/mol. The first-order valence-electron chi connectivity index (χ1n) is 10.1. The minimum atomic E-state index is -0.672. The van der Waals surface area contributed by atoms with Crippen LogP contribution in [0.5, 0.6) is 0 Å². The lowest BCUT2D eigenvalue weighted by Crippen LogP contribution is -2.48. The SMILES string of the molecule is CC(C)(CCl)C(=O)N(CC(=O)N(Cc1ccccc1)Cc1cccs1)CC1CC1. The summed E-state index contributed by atoms with van der Waals surface area (Å²) in [6.45, 7) is 5.52. The van der Waals surface area contributed by atoms with E-state index in [1.54, 1.807) is 16.2 Å². The highest BCUT2D eigenvalue weighted by Crippen LogP contribution is 2.31. The summed E-state index contributed by atoms with van der Waals surface area (Å²) in [4.78, 5) is 31.1. The summed E-state index contributed by atoms with van der Waals surface area (Å²) in [5.74, 6) is 0.687. The Balaban J connectivity index is 1.75. The molecule has 6 heteroatoms. The zero-order valence-corrected chi connectivity index (χ0v) is 18.7. The van der Waals surface area contributed by atoms with E-state index in [-0.39, 0.29) is 24.2 Å². The van der Waals surface area contributed by atoms with Crippen molar-refractivity contribution in [3.63, 3.8) is 0 Å². The minimum absolute atomic E-state index is 0.0263. The fraction of sp³-hybridized carbons (Fsp3) is 0.478. The highest BCUT2D eigenvalue weighted by Gasteiger charge is 2.36. The van der Waals surface area contributed by atoms with Crippen LogP contribution in [0.25, 0.3) is 0 Å². The molecule has 0 bridgehead atoms. The molecule has 2 amide bonds. The predicted octanol–water partition coefficient (Wildman–Crippen LogP) is 4.78. The van der Waals surface area contributed by atoms with Gasteiger partial charge in [0.2, 0.25) is 11.8 Å². The number of alkyl halides is 1. The Labute approximate surface area is 182 Å². The van der Waals surface area contributed by atoms with Crippen LogP contribution < -0.4 is 0 Å². The smallest absolute Gasteiger partial charge is 0.242 e. The maximum Gasteiger partial charge on any atom is 0.242 e. The Morgan fingerprint density at radius 3 is 2.38 bits per heavy atom. The van der Waals surface area contributed by atoms with Crippen molar-refractivity contribution in [1.82, 2.24) is 9.80 Å². The van der Waals surface area contributed by atoms with Gasteiger partial charge in [-0.2, -0.15) is 0 Å². The zero-order valence-electron chi connectivity index (χ0n) is 17.1. The van der Waals surface area contributed by atoms with Crippen molar-refractivity contribution in [3.8, 4) is 0 Å². The molecule has 0 aliphatic heterocycles. The molecule has 29 heavy (non-hydrogen) atoms. The highest BCUT2D eigenvalue weighted by atomic mass is 35.5. The van der Waals surface area contributed by atoms with Gasteiger partial charge in [-0.1, -0.05) is 36.4 Å². The van der Waals surface area contributed by atoms with Crippen LogP contribution in [0.1, 0.15) is 37.1 Å². The van der Waals surface area contributed by atoms with Crippen molar-refractivity contribution in [1.29, 1.82) is 0 Å².